The highest BCUT2D eigenvalue weighted by Gasteiger charge is 2.38. The molecule has 2 aromatic rings. The van der Waals surface area contributed by atoms with E-state index in [1.165, 1.54) is 24.9 Å². The molecule has 2 amide bonds. The van der Waals surface area contributed by atoms with E-state index >= 15 is 0 Å². The zero-order valence-electron chi connectivity index (χ0n) is 21.4. The van der Waals surface area contributed by atoms with Gasteiger partial charge in [-0.25, -0.2) is 0 Å². The van der Waals surface area contributed by atoms with E-state index in [0.29, 0.717) is 5.56 Å². The summed E-state index contributed by atoms with van der Waals surface area (Å²) in [4.78, 5) is 29.5. The molecule has 6 heteroatoms. The zero-order valence-corrected chi connectivity index (χ0v) is 21.4. The minimum absolute atomic E-state index is 0.0125. The number of carbonyl (C=O) groups excluding carboxylic acids is 2. The van der Waals surface area contributed by atoms with Gasteiger partial charge >= 0.3 is 0 Å². The van der Waals surface area contributed by atoms with Crippen molar-refractivity contribution >= 4 is 28.9 Å². The quantitative estimate of drug-likeness (QED) is 0.612. The third-order valence-electron chi connectivity index (χ3n) is 7.88. The summed E-state index contributed by atoms with van der Waals surface area (Å²) in [6.45, 7) is 9.92. The van der Waals surface area contributed by atoms with Crippen molar-refractivity contribution in [2.45, 2.75) is 71.5 Å². The highest BCUT2D eigenvalue weighted by molar-refractivity contribution is 5.98. The molecule has 3 aliphatic rings. The summed E-state index contributed by atoms with van der Waals surface area (Å²) < 4.78 is 0. The lowest BCUT2D eigenvalue weighted by atomic mass is 9.90. The molecular weight excluding hydrogens is 436 g/mol. The maximum atomic E-state index is 12.7. The highest BCUT2D eigenvalue weighted by Crippen LogP contribution is 2.46. The summed E-state index contributed by atoms with van der Waals surface area (Å²) >= 11 is 0. The Hall–Kier alpha value is -3.02. The summed E-state index contributed by atoms with van der Waals surface area (Å²) in [6.07, 6.45) is 4.86. The highest BCUT2D eigenvalue weighted by atomic mass is 16.2. The maximum absolute atomic E-state index is 12.7. The summed E-state index contributed by atoms with van der Waals surface area (Å²) in [6, 6.07) is 14.6. The molecule has 0 aromatic heterocycles. The van der Waals surface area contributed by atoms with Gasteiger partial charge in [-0.1, -0.05) is 0 Å². The van der Waals surface area contributed by atoms with Crippen molar-refractivity contribution in [3.63, 3.8) is 0 Å². The molecule has 1 saturated heterocycles. The summed E-state index contributed by atoms with van der Waals surface area (Å²) in [5.41, 5.74) is 4.85. The van der Waals surface area contributed by atoms with Crippen molar-refractivity contribution in [1.82, 2.24) is 5.32 Å². The Morgan fingerprint density at radius 1 is 0.971 bits per heavy atom. The number of fused-ring (bicyclic) bond motifs is 2. The molecule has 1 saturated carbocycles. The van der Waals surface area contributed by atoms with Crippen LogP contribution in [0.1, 0.15) is 75.3 Å². The largest absolute Gasteiger partial charge is 0.378 e. The molecule has 1 aliphatic carbocycles. The second-order valence-electron chi connectivity index (χ2n) is 10.9. The number of anilines is 3. The monoisotopic (exact) mass is 474 g/mol. The van der Waals surface area contributed by atoms with Crippen LogP contribution in [0.3, 0.4) is 0 Å². The molecule has 4 atom stereocenters. The number of amides is 2. The van der Waals surface area contributed by atoms with E-state index in [0.717, 1.165) is 48.3 Å². The Morgan fingerprint density at radius 2 is 1.66 bits per heavy atom. The van der Waals surface area contributed by atoms with Crippen LogP contribution in [-0.4, -0.2) is 37.0 Å². The second-order valence-corrected chi connectivity index (χ2v) is 10.9. The van der Waals surface area contributed by atoms with Crippen LogP contribution in [0, 0.1) is 11.8 Å². The molecule has 3 unspecified atom stereocenters. The molecule has 6 nitrogen and oxygen atoms in total. The zero-order chi connectivity index (χ0) is 24.7. The van der Waals surface area contributed by atoms with E-state index in [1.54, 1.807) is 6.92 Å². The molecule has 2 heterocycles. The summed E-state index contributed by atoms with van der Waals surface area (Å²) in [5.74, 6) is 1.87. The number of benzene rings is 2. The molecule has 2 fully saturated rings. The molecule has 5 rings (SSSR count). The van der Waals surface area contributed by atoms with Crippen molar-refractivity contribution in [3.8, 4) is 0 Å². The van der Waals surface area contributed by atoms with Crippen molar-refractivity contribution < 1.29 is 9.59 Å². The van der Waals surface area contributed by atoms with Gasteiger partial charge in [0.05, 0.1) is 6.04 Å². The molecule has 0 bridgehead atoms. The third kappa shape index (κ3) is 5.02. The van der Waals surface area contributed by atoms with Crippen molar-refractivity contribution in [3.05, 3.63) is 53.6 Å². The molecular formula is C29H38N4O2. The average molecular weight is 475 g/mol. The second kappa shape index (κ2) is 9.56. The fourth-order valence-electron chi connectivity index (χ4n) is 5.97. The molecule has 35 heavy (non-hydrogen) atoms. The minimum atomic E-state index is -0.0889. The van der Waals surface area contributed by atoms with Gasteiger partial charge in [0, 0.05) is 54.7 Å². The van der Waals surface area contributed by atoms with E-state index in [4.69, 9.17) is 0 Å². The molecule has 0 radical (unpaired) electrons. The predicted octanol–water partition coefficient (Wildman–Crippen LogP) is 5.36. The first kappa shape index (κ1) is 23.7. The fraction of sp³-hybridized carbons (Fsp3) is 0.517. The number of carbonyl (C=O) groups is 2. The predicted molar refractivity (Wildman–Crippen MR) is 142 cm³/mol. The van der Waals surface area contributed by atoms with Crippen LogP contribution < -0.4 is 20.4 Å². The van der Waals surface area contributed by atoms with Gasteiger partial charge in [-0.15, -0.1) is 0 Å². The normalized spacial score (nSPS) is 25.4. The van der Waals surface area contributed by atoms with Gasteiger partial charge in [0.2, 0.25) is 5.91 Å². The molecule has 2 aromatic carbocycles. The van der Waals surface area contributed by atoms with Crippen molar-refractivity contribution in [2.75, 3.05) is 28.2 Å². The van der Waals surface area contributed by atoms with Gasteiger partial charge in [0.1, 0.15) is 0 Å². The van der Waals surface area contributed by atoms with Crippen LogP contribution in [-0.2, 0) is 4.79 Å². The van der Waals surface area contributed by atoms with Crippen LogP contribution in [0.5, 0.6) is 0 Å². The number of nitrogens with one attached hydrogen (secondary N) is 2. The van der Waals surface area contributed by atoms with Crippen LogP contribution in [0.15, 0.2) is 42.5 Å². The molecule has 2 N–H and O–H groups in total. The standard InChI is InChI=1S/C29H38N4O2/c1-18(2)30-29(35)23-5-10-28-26(17-23)27(15-19(3)33(28)20(4)34)31-24-6-8-25(9-7-24)32-13-11-21-16-22(21)12-14-32/h5-10,17-19,21-22,27,31H,11-16H2,1-4H3,(H,30,35)/t19?,21-,22?,27?/m0/s1. The van der Waals surface area contributed by atoms with E-state index in [2.05, 4.69) is 46.7 Å². The number of hydrogen-bond donors (Lipinski definition) is 2. The minimum Gasteiger partial charge on any atom is -0.378 e. The van der Waals surface area contributed by atoms with Crippen LogP contribution in [0.25, 0.3) is 0 Å². The van der Waals surface area contributed by atoms with E-state index < -0.39 is 0 Å². The Labute approximate surface area is 209 Å². The number of rotatable bonds is 5. The first-order chi connectivity index (χ1) is 16.8. The van der Waals surface area contributed by atoms with Gasteiger partial charge < -0.3 is 20.4 Å². The van der Waals surface area contributed by atoms with Gasteiger partial charge in [-0.05, 0) is 106 Å². The van der Waals surface area contributed by atoms with Gasteiger partial charge in [0.15, 0.2) is 0 Å². The lowest BCUT2D eigenvalue weighted by molar-refractivity contribution is -0.117. The van der Waals surface area contributed by atoms with Gasteiger partial charge in [0.25, 0.3) is 5.91 Å². The SMILES string of the molecule is CC(=O)N1c2ccc(C(=O)NC(C)C)cc2C(Nc2ccc(N3CCC4C[C@@H]4CC3)cc2)CC1C. The van der Waals surface area contributed by atoms with Crippen LogP contribution >= 0.6 is 0 Å². The Morgan fingerprint density at radius 3 is 2.29 bits per heavy atom. The summed E-state index contributed by atoms with van der Waals surface area (Å²) in [7, 11) is 0. The van der Waals surface area contributed by atoms with Gasteiger partial charge in [-0.2, -0.15) is 0 Å². The molecule has 2 aliphatic heterocycles. The van der Waals surface area contributed by atoms with E-state index in [-0.39, 0.29) is 29.9 Å². The Kier molecular flexibility index (Phi) is 6.47. The Balaban J connectivity index is 1.37. The molecule has 186 valence electrons. The Bertz CT molecular complexity index is 1080. The smallest absolute Gasteiger partial charge is 0.251 e. The maximum Gasteiger partial charge on any atom is 0.251 e. The van der Waals surface area contributed by atoms with Crippen molar-refractivity contribution in [1.29, 1.82) is 0 Å². The fourth-order valence-corrected chi connectivity index (χ4v) is 5.97. The van der Waals surface area contributed by atoms with E-state index in [9.17, 15) is 9.59 Å². The average Bonchev–Trinajstić information content (AvgIpc) is 3.58. The number of nitrogens with zero attached hydrogens (tertiary/aromatic N) is 2. The van der Waals surface area contributed by atoms with Gasteiger partial charge in [-0.3, -0.25) is 9.59 Å². The van der Waals surface area contributed by atoms with Crippen LogP contribution in [0.2, 0.25) is 0 Å². The lowest BCUT2D eigenvalue weighted by Crippen LogP contribution is -2.43. The van der Waals surface area contributed by atoms with E-state index in [1.807, 2.05) is 36.9 Å². The number of hydrogen-bond acceptors (Lipinski definition) is 4. The first-order valence-electron chi connectivity index (χ1n) is 13.2. The summed E-state index contributed by atoms with van der Waals surface area (Å²) in [5, 5.41) is 6.68. The topological polar surface area (TPSA) is 64.7 Å². The molecule has 0 spiro atoms. The van der Waals surface area contributed by atoms with Crippen LogP contribution in [0.4, 0.5) is 17.1 Å². The first-order valence-corrected chi connectivity index (χ1v) is 13.2. The third-order valence-corrected chi connectivity index (χ3v) is 7.88. The van der Waals surface area contributed by atoms with Crippen molar-refractivity contribution in [2.24, 2.45) is 11.8 Å². The lowest BCUT2D eigenvalue weighted by Gasteiger charge is -2.39.